The van der Waals surface area contributed by atoms with Crippen LogP contribution in [0.1, 0.15) is 25.0 Å². The standard InChI is InChI=1S/C15H19NO4/c1-10(2)20-9-14(17)16-13-6-4-11(3)12(8-13)5-7-15(18)19/h4-8,10H,9H2,1-3H3,(H,16,17)(H,18,19)/b7-5+. The molecule has 0 aliphatic rings. The van der Waals surface area contributed by atoms with Crippen LogP contribution in [0, 0.1) is 6.92 Å². The Hall–Kier alpha value is -2.14. The van der Waals surface area contributed by atoms with Gasteiger partial charge in [0.05, 0.1) is 6.10 Å². The fourth-order valence-electron chi connectivity index (χ4n) is 1.50. The van der Waals surface area contributed by atoms with Crippen LogP contribution in [0.15, 0.2) is 24.3 Å². The molecule has 0 saturated carbocycles. The highest BCUT2D eigenvalue weighted by Crippen LogP contribution is 2.16. The van der Waals surface area contributed by atoms with Crippen LogP contribution in [0.3, 0.4) is 0 Å². The second-order valence-corrected chi connectivity index (χ2v) is 4.65. The maximum atomic E-state index is 11.6. The molecule has 0 bridgehead atoms. The highest BCUT2D eigenvalue weighted by molar-refractivity contribution is 5.92. The first-order valence-corrected chi connectivity index (χ1v) is 6.31. The van der Waals surface area contributed by atoms with Crippen molar-refractivity contribution >= 4 is 23.6 Å². The van der Waals surface area contributed by atoms with Gasteiger partial charge in [0.25, 0.3) is 0 Å². The third-order valence-electron chi connectivity index (χ3n) is 2.52. The molecule has 1 aromatic carbocycles. The topological polar surface area (TPSA) is 75.6 Å². The second-order valence-electron chi connectivity index (χ2n) is 4.65. The SMILES string of the molecule is Cc1ccc(NC(=O)COC(C)C)cc1/C=C/C(=O)O. The predicted octanol–water partition coefficient (Wildman–Crippen LogP) is 2.46. The Morgan fingerprint density at radius 2 is 2.10 bits per heavy atom. The van der Waals surface area contributed by atoms with Gasteiger partial charge in [0.15, 0.2) is 0 Å². The smallest absolute Gasteiger partial charge is 0.328 e. The van der Waals surface area contributed by atoms with Crippen molar-refractivity contribution in [2.75, 3.05) is 11.9 Å². The third-order valence-corrected chi connectivity index (χ3v) is 2.52. The lowest BCUT2D eigenvalue weighted by Gasteiger charge is -2.10. The Morgan fingerprint density at radius 3 is 2.70 bits per heavy atom. The quantitative estimate of drug-likeness (QED) is 0.783. The lowest BCUT2D eigenvalue weighted by atomic mass is 10.1. The van der Waals surface area contributed by atoms with E-state index in [1.54, 1.807) is 12.1 Å². The number of rotatable bonds is 6. The summed E-state index contributed by atoms with van der Waals surface area (Å²) in [5, 5.41) is 11.3. The number of amides is 1. The number of benzene rings is 1. The van der Waals surface area contributed by atoms with Crippen molar-refractivity contribution in [3.8, 4) is 0 Å². The predicted molar refractivity (Wildman–Crippen MR) is 77.6 cm³/mol. The molecule has 0 aromatic heterocycles. The van der Waals surface area contributed by atoms with Crippen LogP contribution in [-0.4, -0.2) is 29.7 Å². The minimum atomic E-state index is -1.01. The zero-order valence-electron chi connectivity index (χ0n) is 11.8. The Labute approximate surface area is 118 Å². The number of aryl methyl sites for hydroxylation is 1. The Kier molecular flexibility index (Phi) is 5.93. The van der Waals surface area contributed by atoms with E-state index in [1.165, 1.54) is 6.08 Å². The highest BCUT2D eigenvalue weighted by Gasteiger charge is 2.05. The van der Waals surface area contributed by atoms with E-state index in [1.807, 2.05) is 26.8 Å². The van der Waals surface area contributed by atoms with Crippen LogP contribution in [0.25, 0.3) is 6.08 Å². The van der Waals surface area contributed by atoms with Gasteiger partial charge in [-0.05, 0) is 50.1 Å². The van der Waals surface area contributed by atoms with Gasteiger partial charge in [-0.2, -0.15) is 0 Å². The molecule has 1 amide bonds. The number of carbonyl (C=O) groups excluding carboxylic acids is 1. The number of anilines is 1. The molecule has 0 aliphatic carbocycles. The van der Waals surface area contributed by atoms with Gasteiger partial charge in [-0.25, -0.2) is 4.79 Å². The molecule has 5 heteroatoms. The van der Waals surface area contributed by atoms with Crippen molar-refractivity contribution in [3.05, 3.63) is 35.4 Å². The van der Waals surface area contributed by atoms with E-state index in [9.17, 15) is 9.59 Å². The van der Waals surface area contributed by atoms with E-state index >= 15 is 0 Å². The van der Waals surface area contributed by atoms with Crippen molar-refractivity contribution in [2.45, 2.75) is 26.9 Å². The maximum Gasteiger partial charge on any atom is 0.328 e. The molecule has 0 unspecified atom stereocenters. The summed E-state index contributed by atoms with van der Waals surface area (Å²) in [5.41, 5.74) is 2.28. The van der Waals surface area contributed by atoms with Gasteiger partial charge in [-0.1, -0.05) is 6.07 Å². The van der Waals surface area contributed by atoms with E-state index < -0.39 is 5.97 Å². The lowest BCUT2D eigenvalue weighted by molar-refractivity contribution is -0.131. The lowest BCUT2D eigenvalue weighted by Crippen LogP contribution is -2.20. The van der Waals surface area contributed by atoms with Crippen molar-refractivity contribution in [3.63, 3.8) is 0 Å². The first-order valence-electron chi connectivity index (χ1n) is 6.31. The van der Waals surface area contributed by atoms with E-state index in [-0.39, 0.29) is 18.6 Å². The minimum Gasteiger partial charge on any atom is -0.478 e. The zero-order chi connectivity index (χ0) is 15.1. The maximum absolute atomic E-state index is 11.6. The molecule has 0 aliphatic heterocycles. The van der Waals surface area contributed by atoms with Crippen LogP contribution < -0.4 is 5.32 Å². The fraction of sp³-hybridized carbons (Fsp3) is 0.333. The fourth-order valence-corrected chi connectivity index (χ4v) is 1.50. The highest BCUT2D eigenvalue weighted by atomic mass is 16.5. The number of nitrogens with one attached hydrogen (secondary N) is 1. The summed E-state index contributed by atoms with van der Waals surface area (Å²) < 4.78 is 5.21. The van der Waals surface area contributed by atoms with Crippen molar-refractivity contribution < 1.29 is 19.4 Å². The number of ether oxygens (including phenoxy) is 1. The van der Waals surface area contributed by atoms with Crippen LogP contribution in [0.5, 0.6) is 0 Å². The minimum absolute atomic E-state index is 0.00664. The molecule has 5 nitrogen and oxygen atoms in total. The van der Waals surface area contributed by atoms with Crippen LogP contribution in [0.2, 0.25) is 0 Å². The third kappa shape index (κ3) is 5.67. The van der Waals surface area contributed by atoms with Crippen molar-refractivity contribution in [1.82, 2.24) is 0 Å². The molecular formula is C15H19NO4. The number of aliphatic carboxylic acids is 1. The average molecular weight is 277 g/mol. The van der Waals surface area contributed by atoms with Gasteiger partial charge < -0.3 is 15.2 Å². The largest absolute Gasteiger partial charge is 0.478 e. The van der Waals surface area contributed by atoms with Gasteiger partial charge in [-0.15, -0.1) is 0 Å². The summed E-state index contributed by atoms with van der Waals surface area (Å²) in [4.78, 5) is 22.2. The summed E-state index contributed by atoms with van der Waals surface area (Å²) in [6.07, 6.45) is 2.56. The Bertz CT molecular complexity index is 521. The molecule has 0 radical (unpaired) electrons. The van der Waals surface area contributed by atoms with Gasteiger partial charge in [0.1, 0.15) is 6.61 Å². The number of carboxylic acid groups (broad SMARTS) is 1. The van der Waals surface area contributed by atoms with Gasteiger partial charge in [0, 0.05) is 11.8 Å². The Balaban J connectivity index is 2.74. The van der Waals surface area contributed by atoms with Crippen molar-refractivity contribution in [1.29, 1.82) is 0 Å². The van der Waals surface area contributed by atoms with Gasteiger partial charge >= 0.3 is 5.97 Å². The molecule has 1 aromatic rings. The van der Waals surface area contributed by atoms with Crippen LogP contribution in [0.4, 0.5) is 5.69 Å². The molecule has 0 fully saturated rings. The summed E-state index contributed by atoms with van der Waals surface area (Å²) >= 11 is 0. The van der Waals surface area contributed by atoms with E-state index in [2.05, 4.69) is 5.32 Å². The van der Waals surface area contributed by atoms with Crippen molar-refractivity contribution in [2.24, 2.45) is 0 Å². The molecule has 0 spiro atoms. The monoisotopic (exact) mass is 277 g/mol. The second kappa shape index (κ2) is 7.45. The van der Waals surface area contributed by atoms with E-state index in [0.29, 0.717) is 5.69 Å². The summed E-state index contributed by atoms with van der Waals surface area (Å²) in [7, 11) is 0. The molecule has 20 heavy (non-hydrogen) atoms. The number of carbonyl (C=O) groups is 2. The summed E-state index contributed by atoms with van der Waals surface area (Å²) in [6.45, 7) is 5.57. The summed E-state index contributed by atoms with van der Waals surface area (Å²) in [6, 6.07) is 5.31. The Morgan fingerprint density at radius 1 is 1.40 bits per heavy atom. The molecular weight excluding hydrogens is 258 g/mol. The average Bonchev–Trinajstić information content (AvgIpc) is 2.37. The normalized spacial score (nSPS) is 11.0. The number of carboxylic acids is 1. The van der Waals surface area contributed by atoms with Gasteiger partial charge in [-0.3, -0.25) is 4.79 Å². The summed E-state index contributed by atoms with van der Waals surface area (Å²) in [5.74, 6) is -1.25. The first-order chi connectivity index (χ1) is 9.38. The molecule has 0 atom stereocenters. The number of hydrogen-bond donors (Lipinski definition) is 2. The molecule has 0 heterocycles. The molecule has 1 rings (SSSR count). The van der Waals surface area contributed by atoms with Crippen LogP contribution >= 0.6 is 0 Å². The van der Waals surface area contributed by atoms with Gasteiger partial charge in [0.2, 0.25) is 5.91 Å². The van der Waals surface area contributed by atoms with E-state index in [0.717, 1.165) is 17.2 Å². The number of hydrogen-bond acceptors (Lipinski definition) is 3. The molecule has 2 N–H and O–H groups in total. The molecule has 108 valence electrons. The van der Waals surface area contributed by atoms with Crippen LogP contribution in [-0.2, 0) is 14.3 Å². The zero-order valence-corrected chi connectivity index (χ0v) is 11.8. The molecule has 0 saturated heterocycles. The first kappa shape index (κ1) is 15.9. The van der Waals surface area contributed by atoms with E-state index in [4.69, 9.17) is 9.84 Å².